The van der Waals surface area contributed by atoms with Crippen LogP contribution in [0.15, 0.2) is 127 Å². The Labute approximate surface area is 431 Å². The van der Waals surface area contributed by atoms with Gasteiger partial charge in [0, 0.05) is 67.8 Å². The number of para-hydroxylation sites is 1. The second kappa shape index (κ2) is 29.8. The number of nitrogens with one attached hydrogen (secondary N) is 4. The maximum Gasteiger partial charge on any atom is 0.220 e. The molecular formula is C60H76N4O9. The van der Waals surface area contributed by atoms with Crippen molar-refractivity contribution in [3.63, 3.8) is 0 Å². The molecular weight excluding hydrogens is 921 g/mol. The van der Waals surface area contributed by atoms with Gasteiger partial charge in [-0.3, -0.25) is 9.59 Å². The third-order valence-electron chi connectivity index (χ3n) is 12.8. The summed E-state index contributed by atoms with van der Waals surface area (Å²) in [4.78, 5) is 24.8. The summed E-state index contributed by atoms with van der Waals surface area (Å²) in [5, 5.41) is 71.7. The van der Waals surface area contributed by atoms with Crippen molar-refractivity contribution in [2.45, 2.75) is 124 Å². The Morgan fingerprint density at radius 1 is 0.534 bits per heavy atom. The smallest absolute Gasteiger partial charge is 0.220 e. The van der Waals surface area contributed by atoms with Gasteiger partial charge in [0.25, 0.3) is 0 Å². The van der Waals surface area contributed by atoms with Crippen LogP contribution in [0.2, 0.25) is 0 Å². The van der Waals surface area contributed by atoms with E-state index in [1.807, 2.05) is 55.5 Å². The van der Waals surface area contributed by atoms with Crippen LogP contribution in [0.4, 0.5) is 0 Å². The highest BCUT2D eigenvalue weighted by Gasteiger charge is 2.15. The number of hydrogen-bond acceptors (Lipinski definition) is 11. The fourth-order valence-electron chi connectivity index (χ4n) is 8.36. The Morgan fingerprint density at radius 2 is 1.03 bits per heavy atom. The second-order valence-electron chi connectivity index (χ2n) is 18.8. The van der Waals surface area contributed by atoms with Crippen molar-refractivity contribution in [2.75, 3.05) is 19.7 Å². The Hall–Kier alpha value is -6.58. The van der Waals surface area contributed by atoms with Crippen molar-refractivity contribution < 1.29 is 45.0 Å². The van der Waals surface area contributed by atoms with Gasteiger partial charge >= 0.3 is 0 Å². The van der Waals surface area contributed by atoms with Gasteiger partial charge in [0.2, 0.25) is 11.8 Å². The van der Waals surface area contributed by atoms with Crippen LogP contribution < -0.4 is 26.0 Å². The minimum Gasteiger partial charge on any atom is -0.508 e. The van der Waals surface area contributed by atoms with E-state index in [1.54, 1.807) is 24.3 Å². The number of aromatic hydroxyl groups is 2. The van der Waals surface area contributed by atoms with Crippen molar-refractivity contribution in [3.8, 4) is 17.2 Å². The molecule has 6 aromatic carbocycles. The summed E-state index contributed by atoms with van der Waals surface area (Å²) in [6, 6.07) is 40.3. The Bertz CT molecular complexity index is 2670. The van der Waals surface area contributed by atoms with Crippen LogP contribution in [0.5, 0.6) is 17.2 Å². The molecule has 0 unspecified atom stereocenters. The van der Waals surface area contributed by atoms with Gasteiger partial charge in [-0.2, -0.15) is 0 Å². The average Bonchev–Trinajstić information content (AvgIpc) is 3.39. The third kappa shape index (κ3) is 19.4. The number of amides is 2. The molecule has 73 heavy (non-hydrogen) atoms. The largest absolute Gasteiger partial charge is 0.508 e. The van der Waals surface area contributed by atoms with E-state index >= 15 is 0 Å². The summed E-state index contributed by atoms with van der Waals surface area (Å²) in [5.74, 6) is 0.879. The van der Waals surface area contributed by atoms with Gasteiger partial charge < -0.3 is 56.6 Å². The molecule has 4 atom stereocenters. The summed E-state index contributed by atoms with van der Waals surface area (Å²) in [6.45, 7) is 11.9. The number of rotatable bonds is 26. The van der Waals surface area contributed by atoms with E-state index in [0.29, 0.717) is 80.7 Å². The second-order valence-corrected chi connectivity index (χ2v) is 18.8. The fraction of sp³-hybridized carbons (Fsp3) is 0.367. The van der Waals surface area contributed by atoms with Crippen molar-refractivity contribution >= 4 is 11.8 Å². The van der Waals surface area contributed by atoms with E-state index in [9.17, 15) is 40.2 Å². The van der Waals surface area contributed by atoms with E-state index in [1.165, 1.54) is 28.8 Å². The monoisotopic (exact) mass is 997 g/mol. The highest BCUT2D eigenvalue weighted by atomic mass is 16.5. The summed E-state index contributed by atoms with van der Waals surface area (Å²) >= 11 is 0. The molecule has 0 spiro atoms. The van der Waals surface area contributed by atoms with Crippen molar-refractivity contribution in [1.29, 1.82) is 0 Å². The topological polar surface area (TPSA) is 213 Å². The van der Waals surface area contributed by atoms with E-state index in [4.69, 9.17) is 4.74 Å². The average molecular weight is 997 g/mol. The van der Waals surface area contributed by atoms with Crippen LogP contribution in [0.25, 0.3) is 0 Å². The predicted molar refractivity (Wildman–Crippen MR) is 287 cm³/mol. The van der Waals surface area contributed by atoms with Crippen LogP contribution >= 0.6 is 0 Å². The molecule has 0 aliphatic heterocycles. The number of ether oxygens (including phenoxy) is 1. The fourth-order valence-corrected chi connectivity index (χ4v) is 8.36. The molecule has 13 heteroatoms. The van der Waals surface area contributed by atoms with Crippen LogP contribution in [0.1, 0.15) is 113 Å². The normalized spacial score (nSPS) is 12.7. The highest BCUT2D eigenvalue weighted by molar-refractivity contribution is 5.76. The van der Waals surface area contributed by atoms with Gasteiger partial charge in [-0.1, -0.05) is 97.1 Å². The lowest BCUT2D eigenvalue weighted by Gasteiger charge is -2.18. The van der Waals surface area contributed by atoms with Crippen molar-refractivity contribution in [3.05, 3.63) is 194 Å². The molecule has 0 saturated carbocycles. The Morgan fingerprint density at radius 3 is 1.52 bits per heavy atom. The quantitative estimate of drug-likeness (QED) is 0.0253. The van der Waals surface area contributed by atoms with Gasteiger partial charge in [0.1, 0.15) is 17.2 Å². The first-order valence-electron chi connectivity index (χ1n) is 25.3. The predicted octanol–water partition coefficient (Wildman–Crippen LogP) is 7.79. The number of aryl methyl sites for hydroxylation is 4. The number of carbonyl (C=O) groups is 2. The van der Waals surface area contributed by atoms with Crippen LogP contribution in [0.3, 0.4) is 0 Å². The number of carbonyl (C=O) groups excluding carboxylic acids is 2. The lowest BCUT2D eigenvalue weighted by Crippen LogP contribution is -2.32. The molecule has 0 radical (unpaired) electrons. The molecule has 13 nitrogen and oxygen atoms in total. The SMILES string of the molecule is CCOc1ccccc1CNC(=O)CCc1cccc(C[C@@H](C)NC[C@H](O)c2ccc(O)c(CO)c2)c1.Cc1ccc(CNC(=O)CCc2cccc(C[C@@H](C)NC[C@H](O)c3ccc(O)c(CO)c3)c2)cc1C. The number of aliphatic hydroxyl groups excluding tert-OH is 4. The molecule has 0 saturated heterocycles. The van der Waals surface area contributed by atoms with Gasteiger partial charge in [-0.05, 0) is 141 Å². The van der Waals surface area contributed by atoms with Crippen LogP contribution in [-0.4, -0.2) is 74.2 Å². The van der Waals surface area contributed by atoms with E-state index in [-0.39, 0.29) is 48.6 Å². The highest BCUT2D eigenvalue weighted by Crippen LogP contribution is 2.24. The van der Waals surface area contributed by atoms with E-state index in [0.717, 1.165) is 46.4 Å². The molecule has 0 bridgehead atoms. The summed E-state index contributed by atoms with van der Waals surface area (Å²) in [7, 11) is 0. The van der Waals surface area contributed by atoms with Gasteiger partial charge in [-0.25, -0.2) is 0 Å². The molecule has 6 aromatic rings. The molecule has 6 rings (SSSR count). The zero-order valence-electron chi connectivity index (χ0n) is 43.0. The van der Waals surface area contributed by atoms with Gasteiger partial charge in [0.05, 0.1) is 32.0 Å². The van der Waals surface area contributed by atoms with Gasteiger partial charge in [0.15, 0.2) is 0 Å². The maximum atomic E-state index is 12.4. The molecule has 0 aliphatic carbocycles. The third-order valence-corrected chi connectivity index (χ3v) is 12.8. The molecule has 0 aromatic heterocycles. The number of aliphatic hydroxyl groups is 4. The zero-order valence-corrected chi connectivity index (χ0v) is 43.0. The lowest BCUT2D eigenvalue weighted by molar-refractivity contribution is -0.122. The standard InChI is InChI=1S/C30H38N2O5.C30H38N2O4/c1-3-37-29-10-5-4-9-25(29)18-32-30(36)14-11-22-7-6-8-23(16-22)15-21(2)31-19-28(35)24-12-13-27(34)26(17-24)20-33;1-20-7-8-25(13-21(20)2)17-32-30(36)12-9-23-5-4-6-24(15-23)14-22(3)31-18-29(35)26-10-11-28(34)27(16-26)19-33/h4-10,12-13,16-17,21,28,31,33-35H,3,11,14-15,18-20H2,1-2H3,(H,32,36);4-8,10-11,13,15-16,22,29,31,33-35H,9,12,14,17-19H2,1-3H3,(H,32,36)/t21-,28+;22-,29+/m11/s1. The first kappa shape index (κ1) is 57.3. The van der Waals surface area contributed by atoms with Gasteiger partial charge in [-0.15, -0.1) is 0 Å². The van der Waals surface area contributed by atoms with Crippen molar-refractivity contribution in [2.24, 2.45) is 0 Å². The minimum absolute atomic E-state index is 0.000636. The first-order chi connectivity index (χ1) is 35.1. The number of benzene rings is 6. The lowest BCUT2D eigenvalue weighted by atomic mass is 10.0. The summed E-state index contributed by atoms with van der Waals surface area (Å²) in [6.07, 6.45) is 2.25. The number of hydrogen-bond donors (Lipinski definition) is 10. The molecule has 10 N–H and O–H groups in total. The minimum atomic E-state index is -0.751. The van der Waals surface area contributed by atoms with Crippen LogP contribution in [0, 0.1) is 13.8 Å². The molecule has 0 aliphatic rings. The summed E-state index contributed by atoms with van der Waals surface area (Å²) in [5.41, 5.74) is 11.2. The van der Waals surface area contributed by atoms with Crippen molar-refractivity contribution in [1.82, 2.24) is 21.3 Å². The maximum absolute atomic E-state index is 12.4. The molecule has 0 fully saturated rings. The zero-order chi connectivity index (χ0) is 52.7. The first-order valence-corrected chi connectivity index (χ1v) is 25.3. The molecule has 2 amide bonds. The molecule has 390 valence electrons. The Balaban J connectivity index is 0.000000271. The van der Waals surface area contributed by atoms with E-state index in [2.05, 4.69) is 91.4 Å². The molecule has 0 heterocycles. The van der Waals surface area contributed by atoms with Crippen LogP contribution in [-0.2, 0) is 61.6 Å². The summed E-state index contributed by atoms with van der Waals surface area (Å²) < 4.78 is 5.62. The number of phenols is 2. The Kier molecular flexibility index (Phi) is 23.4. The van der Waals surface area contributed by atoms with E-state index < -0.39 is 12.2 Å².